The lowest BCUT2D eigenvalue weighted by atomic mass is 9.82. The molecule has 74 valence electrons. The van der Waals surface area contributed by atoms with E-state index >= 15 is 0 Å². The van der Waals surface area contributed by atoms with Gasteiger partial charge in [0, 0.05) is 17.9 Å². The predicted molar refractivity (Wildman–Crippen MR) is 56.4 cm³/mol. The molecule has 2 aliphatic rings. The summed E-state index contributed by atoms with van der Waals surface area (Å²) in [5, 5.41) is 0. The SMILES string of the molecule is Nc1ccc(N2CCC23COC3)cc1. The highest BCUT2D eigenvalue weighted by Crippen LogP contribution is 2.40. The van der Waals surface area contributed by atoms with Gasteiger partial charge in [-0.05, 0) is 30.7 Å². The number of nitrogens with two attached hydrogens (primary N) is 1. The highest BCUT2D eigenvalue weighted by molar-refractivity contribution is 5.57. The van der Waals surface area contributed by atoms with Gasteiger partial charge < -0.3 is 15.4 Å². The number of nitrogens with zero attached hydrogens (tertiary/aromatic N) is 1. The number of ether oxygens (including phenoxy) is 1. The van der Waals surface area contributed by atoms with Crippen LogP contribution in [0.2, 0.25) is 0 Å². The summed E-state index contributed by atoms with van der Waals surface area (Å²) < 4.78 is 5.29. The second-order valence-electron chi connectivity index (χ2n) is 4.21. The minimum atomic E-state index is 0.329. The number of hydrogen-bond acceptors (Lipinski definition) is 3. The van der Waals surface area contributed by atoms with Crippen LogP contribution in [0.4, 0.5) is 11.4 Å². The number of benzene rings is 1. The maximum Gasteiger partial charge on any atom is 0.0884 e. The molecule has 1 aromatic rings. The summed E-state index contributed by atoms with van der Waals surface area (Å²) >= 11 is 0. The van der Waals surface area contributed by atoms with Crippen LogP contribution in [0.15, 0.2) is 24.3 Å². The first kappa shape index (κ1) is 8.12. The van der Waals surface area contributed by atoms with E-state index in [1.807, 2.05) is 12.1 Å². The Labute approximate surface area is 83.5 Å². The second kappa shape index (κ2) is 2.64. The van der Waals surface area contributed by atoms with Gasteiger partial charge in [-0.1, -0.05) is 0 Å². The van der Waals surface area contributed by atoms with Crippen LogP contribution in [0.1, 0.15) is 6.42 Å². The first-order valence-corrected chi connectivity index (χ1v) is 5.01. The molecule has 14 heavy (non-hydrogen) atoms. The van der Waals surface area contributed by atoms with Crippen molar-refractivity contribution in [3.05, 3.63) is 24.3 Å². The van der Waals surface area contributed by atoms with E-state index < -0.39 is 0 Å². The Kier molecular flexibility index (Phi) is 1.53. The Morgan fingerprint density at radius 3 is 2.36 bits per heavy atom. The van der Waals surface area contributed by atoms with E-state index in [1.54, 1.807) is 0 Å². The Bertz CT molecular complexity index is 337. The van der Waals surface area contributed by atoms with Crippen LogP contribution in [-0.4, -0.2) is 25.3 Å². The quantitative estimate of drug-likeness (QED) is 0.677. The maximum atomic E-state index is 5.66. The molecular weight excluding hydrogens is 176 g/mol. The van der Waals surface area contributed by atoms with Gasteiger partial charge in [0.15, 0.2) is 0 Å². The van der Waals surface area contributed by atoms with E-state index in [1.165, 1.54) is 12.1 Å². The fraction of sp³-hybridized carbons (Fsp3) is 0.455. The van der Waals surface area contributed by atoms with Crippen LogP contribution in [0, 0.1) is 0 Å². The zero-order valence-electron chi connectivity index (χ0n) is 8.07. The van der Waals surface area contributed by atoms with Crippen molar-refractivity contribution in [1.82, 2.24) is 0 Å². The minimum Gasteiger partial charge on any atom is -0.399 e. The van der Waals surface area contributed by atoms with Crippen molar-refractivity contribution in [2.45, 2.75) is 12.0 Å². The van der Waals surface area contributed by atoms with Crippen LogP contribution in [0.5, 0.6) is 0 Å². The molecule has 0 unspecified atom stereocenters. The molecule has 1 aromatic carbocycles. The molecule has 0 amide bonds. The first-order chi connectivity index (χ1) is 6.80. The lowest BCUT2D eigenvalue weighted by molar-refractivity contribution is -0.0847. The van der Waals surface area contributed by atoms with Gasteiger partial charge in [0.1, 0.15) is 0 Å². The van der Waals surface area contributed by atoms with Crippen LogP contribution in [0.25, 0.3) is 0 Å². The van der Waals surface area contributed by atoms with E-state index in [4.69, 9.17) is 10.5 Å². The molecule has 0 bridgehead atoms. The molecule has 3 rings (SSSR count). The Morgan fingerprint density at radius 2 is 1.93 bits per heavy atom. The number of hydrogen-bond donors (Lipinski definition) is 1. The van der Waals surface area contributed by atoms with Crippen molar-refractivity contribution in [3.8, 4) is 0 Å². The molecule has 0 aromatic heterocycles. The molecule has 2 saturated heterocycles. The summed E-state index contributed by atoms with van der Waals surface area (Å²) in [6, 6.07) is 8.10. The maximum absolute atomic E-state index is 5.66. The number of nitrogen functional groups attached to an aromatic ring is 1. The van der Waals surface area contributed by atoms with Crippen LogP contribution >= 0.6 is 0 Å². The van der Waals surface area contributed by atoms with E-state index in [0.29, 0.717) is 5.54 Å². The topological polar surface area (TPSA) is 38.5 Å². The number of rotatable bonds is 1. The van der Waals surface area contributed by atoms with Gasteiger partial charge in [-0.15, -0.1) is 0 Å². The standard InChI is InChI=1S/C11H14N2O/c12-9-1-3-10(4-2-9)13-6-5-11(13)7-14-8-11/h1-4H,5-8,12H2. The Hall–Kier alpha value is -1.22. The molecule has 2 heterocycles. The van der Waals surface area contributed by atoms with Crippen LogP contribution in [0.3, 0.4) is 0 Å². The zero-order chi connectivity index (χ0) is 9.60. The predicted octanol–water partition coefficient (Wildman–Crippen LogP) is 1.25. The van der Waals surface area contributed by atoms with Crippen LogP contribution < -0.4 is 10.6 Å². The molecule has 2 fully saturated rings. The van der Waals surface area contributed by atoms with Crippen molar-refractivity contribution in [2.75, 3.05) is 30.4 Å². The minimum absolute atomic E-state index is 0.329. The fourth-order valence-electron chi connectivity index (χ4n) is 2.23. The van der Waals surface area contributed by atoms with Gasteiger partial charge in [0.25, 0.3) is 0 Å². The van der Waals surface area contributed by atoms with Crippen molar-refractivity contribution < 1.29 is 4.74 Å². The monoisotopic (exact) mass is 190 g/mol. The number of anilines is 2. The van der Waals surface area contributed by atoms with Crippen LogP contribution in [-0.2, 0) is 4.74 Å². The molecule has 3 heteroatoms. The zero-order valence-corrected chi connectivity index (χ0v) is 8.07. The molecule has 3 nitrogen and oxygen atoms in total. The summed E-state index contributed by atoms with van der Waals surface area (Å²) in [5.41, 5.74) is 8.09. The van der Waals surface area contributed by atoms with Crippen molar-refractivity contribution in [1.29, 1.82) is 0 Å². The van der Waals surface area contributed by atoms with E-state index in [-0.39, 0.29) is 0 Å². The molecule has 0 atom stereocenters. The fourth-order valence-corrected chi connectivity index (χ4v) is 2.23. The third kappa shape index (κ3) is 0.960. The Balaban J connectivity index is 1.85. The Morgan fingerprint density at radius 1 is 1.21 bits per heavy atom. The van der Waals surface area contributed by atoms with Crippen molar-refractivity contribution >= 4 is 11.4 Å². The van der Waals surface area contributed by atoms with Gasteiger partial charge in [0.2, 0.25) is 0 Å². The summed E-state index contributed by atoms with van der Waals surface area (Å²) in [6.45, 7) is 2.92. The second-order valence-corrected chi connectivity index (χ2v) is 4.21. The summed E-state index contributed by atoms with van der Waals surface area (Å²) in [6.07, 6.45) is 1.26. The summed E-state index contributed by atoms with van der Waals surface area (Å²) in [4.78, 5) is 2.43. The van der Waals surface area contributed by atoms with Gasteiger partial charge in [-0.3, -0.25) is 0 Å². The highest BCUT2D eigenvalue weighted by Gasteiger charge is 2.50. The van der Waals surface area contributed by atoms with Crippen molar-refractivity contribution in [2.24, 2.45) is 0 Å². The molecule has 0 radical (unpaired) electrons. The van der Waals surface area contributed by atoms with Gasteiger partial charge >= 0.3 is 0 Å². The average molecular weight is 190 g/mol. The smallest absolute Gasteiger partial charge is 0.0884 e. The third-order valence-corrected chi connectivity index (χ3v) is 3.32. The molecule has 2 aliphatic heterocycles. The molecule has 0 saturated carbocycles. The van der Waals surface area contributed by atoms with Gasteiger partial charge in [-0.2, -0.15) is 0 Å². The average Bonchev–Trinajstić information content (AvgIpc) is 2.04. The summed E-state index contributed by atoms with van der Waals surface area (Å²) in [7, 11) is 0. The third-order valence-electron chi connectivity index (χ3n) is 3.32. The largest absolute Gasteiger partial charge is 0.399 e. The van der Waals surface area contributed by atoms with Gasteiger partial charge in [-0.25, -0.2) is 0 Å². The highest BCUT2D eigenvalue weighted by atomic mass is 16.5. The van der Waals surface area contributed by atoms with E-state index in [9.17, 15) is 0 Å². The van der Waals surface area contributed by atoms with Gasteiger partial charge in [0.05, 0.1) is 18.8 Å². The normalized spacial score (nSPS) is 23.0. The summed E-state index contributed by atoms with van der Waals surface area (Å²) in [5.74, 6) is 0. The van der Waals surface area contributed by atoms with E-state index in [2.05, 4.69) is 17.0 Å². The molecule has 1 spiro atoms. The lowest BCUT2D eigenvalue weighted by Crippen LogP contribution is -2.71. The van der Waals surface area contributed by atoms with E-state index in [0.717, 1.165) is 25.4 Å². The molecular formula is C11H14N2O. The first-order valence-electron chi connectivity index (χ1n) is 5.01. The van der Waals surface area contributed by atoms with Crippen molar-refractivity contribution in [3.63, 3.8) is 0 Å². The molecule has 2 N–H and O–H groups in total. The lowest BCUT2D eigenvalue weighted by Gasteiger charge is -2.58. The molecule has 0 aliphatic carbocycles.